The monoisotopic (exact) mass is 389 g/mol. The number of carboxylic acid groups (broad SMARTS) is 1. The number of fused-ring (bicyclic) bond motifs is 1. The standard InChI is InChI=1S/C20H20FNO6/c1-26-16-6-7-17-12(9-16)8-13(11-27-17)19(23)22-10-18(20(24)25)28-15-4-2-14(21)3-5-15/h2-7,9,13,18H,8,10-11H2,1H3,(H,22,23)(H,24,25). The summed E-state index contributed by atoms with van der Waals surface area (Å²) in [7, 11) is 1.56. The Hall–Kier alpha value is -3.29. The van der Waals surface area contributed by atoms with Gasteiger partial charge in [0.25, 0.3) is 0 Å². The van der Waals surface area contributed by atoms with Crippen molar-refractivity contribution in [3.63, 3.8) is 0 Å². The molecule has 1 aliphatic heterocycles. The van der Waals surface area contributed by atoms with Crippen LogP contribution in [-0.4, -0.2) is 43.3 Å². The van der Waals surface area contributed by atoms with Crippen molar-refractivity contribution in [1.82, 2.24) is 5.32 Å². The topological polar surface area (TPSA) is 94.1 Å². The van der Waals surface area contributed by atoms with Crippen LogP contribution in [0.5, 0.6) is 17.2 Å². The molecule has 0 fully saturated rings. The molecule has 1 heterocycles. The number of benzene rings is 2. The third-order valence-corrected chi connectivity index (χ3v) is 4.37. The van der Waals surface area contributed by atoms with E-state index < -0.39 is 23.8 Å². The van der Waals surface area contributed by atoms with Gasteiger partial charge in [-0.25, -0.2) is 9.18 Å². The molecule has 1 amide bonds. The van der Waals surface area contributed by atoms with Crippen LogP contribution in [0.3, 0.4) is 0 Å². The van der Waals surface area contributed by atoms with E-state index >= 15 is 0 Å². The molecule has 0 saturated heterocycles. The maximum absolute atomic E-state index is 12.9. The second kappa shape index (κ2) is 8.60. The summed E-state index contributed by atoms with van der Waals surface area (Å²) in [4.78, 5) is 23.9. The van der Waals surface area contributed by atoms with E-state index in [1.54, 1.807) is 19.2 Å². The number of methoxy groups -OCH3 is 1. The van der Waals surface area contributed by atoms with Gasteiger partial charge in [0.15, 0.2) is 0 Å². The van der Waals surface area contributed by atoms with Crippen molar-refractivity contribution < 1.29 is 33.3 Å². The highest BCUT2D eigenvalue weighted by Gasteiger charge is 2.28. The first kappa shape index (κ1) is 19.5. The Labute approximate surface area is 161 Å². The molecule has 28 heavy (non-hydrogen) atoms. The fourth-order valence-corrected chi connectivity index (χ4v) is 2.86. The Morgan fingerprint density at radius 2 is 1.96 bits per heavy atom. The van der Waals surface area contributed by atoms with Gasteiger partial charge < -0.3 is 24.6 Å². The number of carbonyl (C=O) groups excluding carboxylic acids is 1. The van der Waals surface area contributed by atoms with Crippen LogP contribution in [-0.2, 0) is 16.0 Å². The van der Waals surface area contributed by atoms with Crippen molar-refractivity contribution in [2.24, 2.45) is 5.92 Å². The van der Waals surface area contributed by atoms with E-state index in [1.165, 1.54) is 12.1 Å². The molecule has 2 N–H and O–H groups in total. The van der Waals surface area contributed by atoms with Gasteiger partial charge in [-0.3, -0.25) is 4.79 Å². The van der Waals surface area contributed by atoms with Gasteiger partial charge >= 0.3 is 5.97 Å². The number of amides is 1. The van der Waals surface area contributed by atoms with Crippen LogP contribution in [0.2, 0.25) is 0 Å². The molecular formula is C20H20FNO6. The molecule has 0 bridgehead atoms. The van der Waals surface area contributed by atoms with Crippen LogP contribution in [0.4, 0.5) is 4.39 Å². The lowest BCUT2D eigenvalue weighted by Gasteiger charge is -2.25. The largest absolute Gasteiger partial charge is 0.497 e. The number of aliphatic carboxylic acids is 1. The van der Waals surface area contributed by atoms with Crippen molar-refractivity contribution in [3.8, 4) is 17.2 Å². The molecular weight excluding hydrogens is 369 g/mol. The number of hydrogen-bond donors (Lipinski definition) is 2. The molecule has 0 aliphatic carbocycles. The number of rotatable bonds is 7. The molecule has 148 valence electrons. The Morgan fingerprint density at radius 3 is 2.64 bits per heavy atom. The van der Waals surface area contributed by atoms with E-state index in [1.807, 2.05) is 6.07 Å². The van der Waals surface area contributed by atoms with Gasteiger partial charge in [0.1, 0.15) is 29.7 Å². The zero-order valence-corrected chi connectivity index (χ0v) is 15.2. The summed E-state index contributed by atoms with van der Waals surface area (Å²) in [5, 5.41) is 11.9. The highest BCUT2D eigenvalue weighted by molar-refractivity contribution is 5.81. The summed E-state index contributed by atoms with van der Waals surface area (Å²) in [6.07, 6.45) is -0.846. The van der Waals surface area contributed by atoms with E-state index in [9.17, 15) is 19.1 Å². The molecule has 8 heteroatoms. The summed E-state index contributed by atoms with van der Waals surface area (Å²) in [6.45, 7) is -0.0330. The third-order valence-electron chi connectivity index (χ3n) is 4.37. The Morgan fingerprint density at radius 1 is 1.25 bits per heavy atom. The van der Waals surface area contributed by atoms with Gasteiger partial charge in [0.05, 0.1) is 19.6 Å². The molecule has 7 nitrogen and oxygen atoms in total. The molecule has 3 rings (SSSR count). The number of carbonyl (C=O) groups is 2. The molecule has 0 aromatic heterocycles. The first-order chi connectivity index (χ1) is 13.5. The second-order valence-corrected chi connectivity index (χ2v) is 6.33. The molecule has 2 aromatic carbocycles. The highest BCUT2D eigenvalue weighted by Crippen LogP contribution is 2.30. The molecule has 2 aromatic rings. The predicted molar refractivity (Wildman–Crippen MR) is 97.1 cm³/mol. The fourth-order valence-electron chi connectivity index (χ4n) is 2.86. The zero-order valence-electron chi connectivity index (χ0n) is 15.2. The maximum Gasteiger partial charge on any atom is 0.346 e. The molecule has 2 unspecified atom stereocenters. The van der Waals surface area contributed by atoms with Crippen LogP contribution in [0.25, 0.3) is 0 Å². The Kier molecular flexibility index (Phi) is 5.98. The lowest BCUT2D eigenvalue weighted by atomic mass is 9.95. The minimum absolute atomic E-state index is 0.196. The van der Waals surface area contributed by atoms with Crippen LogP contribution >= 0.6 is 0 Å². The van der Waals surface area contributed by atoms with Gasteiger partial charge in [0, 0.05) is 0 Å². The van der Waals surface area contributed by atoms with E-state index in [0.717, 1.165) is 17.7 Å². The summed E-state index contributed by atoms with van der Waals surface area (Å²) < 4.78 is 29.1. The van der Waals surface area contributed by atoms with Crippen LogP contribution in [0.1, 0.15) is 5.56 Å². The molecule has 1 aliphatic rings. The van der Waals surface area contributed by atoms with Crippen LogP contribution in [0, 0.1) is 11.7 Å². The number of hydrogen-bond acceptors (Lipinski definition) is 5. The summed E-state index contributed by atoms with van der Waals surface area (Å²) >= 11 is 0. The average molecular weight is 389 g/mol. The summed E-state index contributed by atoms with van der Waals surface area (Å²) in [6, 6.07) is 10.4. The first-order valence-electron chi connectivity index (χ1n) is 8.68. The van der Waals surface area contributed by atoms with Crippen molar-refractivity contribution in [1.29, 1.82) is 0 Å². The molecule has 0 radical (unpaired) electrons. The lowest BCUT2D eigenvalue weighted by Crippen LogP contribution is -2.44. The van der Waals surface area contributed by atoms with Crippen molar-refractivity contribution >= 4 is 11.9 Å². The van der Waals surface area contributed by atoms with E-state index in [4.69, 9.17) is 14.2 Å². The minimum Gasteiger partial charge on any atom is -0.497 e. The number of nitrogens with one attached hydrogen (secondary N) is 1. The van der Waals surface area contributed by atoms with Gasteiger partial charge in [-0.2, -0.15) is 0 Å². The zero-order chi connectivity index (χ0) is 20.1. The van der Waals surface area contributed by atoms with E-state index in [-0.39, 0.29) is 24.8 Å². The Bertz CT molecular complexity index is 854. The van der Waals surface area contributed by atoms with Gasteiger partial charge in [-0.05, 0) is 54.4 Å². The van der Waals surface area contributed by atoms with Gasteiger partial charge in [-0.15, -0.1) is 0 Å². The normalized spacial score (nSPS) is 16.3. The SMILES string of the molecule is COc1ccc2c(c1)CC(C(=O)NCC(Oc1ccc(F)cc1)C(=O)O)CO2. The minimum atomic E-state index is -1.30. The van der Waals surface area contributed by atoms with Crippen molar-refractivity contribution in [2.45, 2.75) is 12.5 Å². The van der Waals surface area contributed by atoms with Crippen LogP contribution < -0.4 is 19.5 Å². The predicted octanol–water partition coefficient (Wildman–Crippen LogP) is 2.03. The maximum atomic E-state index is 12.9. The smallest absolute Gasteiger partial charge is 0.346 e. The third kappa shape index (κ3) is 4.70. The Balaban J connectivity index is 1.58. The molecule has 0 spiro atoms. The van der Waals surface area contributed by atoms with E-state index in [0.29, 0.717) is 17.9 Å². The number of ether oxygens (including phenoxy) is 3. The van der Waals surface area contributed by atoms with Crippen molar-refractivity contribution in [2.75, 3.05) is 20.3 Å². The second-order valence-electron chi connectivity index (χ2n) is 6.33. The van der Waals surface area contributed by atoms with E-state index in [2.05, 4.69) is 5.32 Å². The summed E-state index contributed by atoms with van der Waals surface area (Å²) in [5.74, 6) is -0.913. The van der Waals surface area contributed by atoms with Gasteiger partial charge in [0.2, 0.25) is 12.0 Å². The quantitative estimate of drug-likeness (QED) is 0.753. The molecule has 0 saturated carbocycles. The van der Waals surface area contributed by atoms with Crippen LogP contribution in [0.15, 0.2) is 42.5 Å². The first-order valence-corrected chi connectivity index (χ1v) is 8.68. The summed E-state index contributed by atoms with van der Waals surface area (Å²) in [5.41, 5.74) is 0.850. The fraction of sp³-hybridized carbons (Fsp3) is 0.300. The van der Waals surface area contributed by atoms with Gasteiger partial charge in [-0.1, -0.05) is 0 Å². The number of carboxylic acids is 1. The number of halogens is 1. The molecule has 2 atom stereocenters. The lowest BCUT2D eigenvalue weighted by molar-refractivity contribution is -0.145. The van der Waals surface area contributed by atoms with Crippen molar-refractivity contribution in [3.05, 3.63) is 53.8 Å². The highest BCUT2D eigenvalue weighted by atomic mass is 19.1. The average Bonchev–Trinajstić information content (AvgIpc) is 2.71.